The van der Waals surface area contributed by atoms with E-state index in [4.69, 9.17) is 9.84 Å². The van der Waals surface area contributed by atoms with Gasteiger partial charge in [-0.05, 0) is 19.8 Å². The summed E-state index contributed by atoms with van der Waals surface area (Å²) in [4.78, 5) is 22.4. The molecule has 0 bridgehead atoms. The van der Waals surface area contributed by atoms with Crippen molar-refractivity contribution in [2.45, 2.75) is 57.7 Å². The number of unbranched alkanes of at least 4 members (excludes halogenated alkanes) is 2. The lowest BCUT2D eigenvalue weighted by Crippen LogP contribution is -2.45. The molecule has 21 heavy (non-hydrogen) atoms. The van der Waals surface area contributed by atoms with Gasteiger partial charge >= 0.3 is 5.97 Å². The van der Waals surface area contributed by atoms with E-state index in [1.807, 2.05) is 21.1 Å². The van der Waals surface area contributed by atoms with Crippen molar-refractivity contribution in [1.29, 1.82) is 0 Å². The Kier molecular flexibility index (Phi) is 9.21. The molecule has 0 spiro atoms. The normalized spacial score (nSPS) is 14.5. The van der Waals surface area contributed by atoms with Gasteiger partial charge in [0.2, 0.25) is 0 Å². The van der Waals surface area contributed by atoms with Gasteiger partial charge in [0.05, 0.1) is 27.2 Å². The van der Waals surface area contributed by atoms with Crippen LogP contribution in [0.2, 0.25) is 0 Å². The van der Waals surface area contributed by atoms with Crippen molar-refractivity contribution in [3.63, 3.8) is 0 Å². The molecule has 0 aromatic heterocycles. The fraction of sp³-hybridized carbons (Fsp3) is 0.867. The third-order valence-electron chi connectivity index (χ3n) is 2.95. The van der Waals surface area contributed by atoms with Gasteiger partial charge in [-0.1, -0.05) is 12.8 Å². The van der Waals surface area contributed by atoms with Crippen molar-refractivity contribution in [2.24, 2.45) is 0 Å². The number of nitrogens with zero attached hydrogens (tertiary/aromatic N) is 1. The first-order valence-electron chi connectivity index (χ1n) is 7.48. The Morgan fingerprint density at radius 3 is 2.29 bits per heavy atom. The highest BCUT2D eigenvalue weighted by Gasteiger charge is 2.22. The van der Waals surface area contributed by atoms with Gasteiger partial charge in [0.25, 0.3) is 0 Å². The first-order valence-corrected chi connectivity index (χ1v) is 7.48. The molecule has 1 N–H and O–H groups in total. The Bertz CT molecular complexity index is 323. The minimum Gasteiger partial charge on any atom is -0.550 e. The van der Waals surface area contributed by atoms with E-state index in [0.717, 1.165) is 19.3 Å². The van der Waals surface area contributed by atoms with Gasteiger partial charge in [0, 0.05) is 18.8 Å². The maximum absolute atomic E-state index is 11.7. The highest BCUT2D eigenvalue weighted by Crippen LogP contribution is 2.10. The molecule has 0 fully saturated rings. The maximum Gasteiger partial charge on any atom is 0.306 e. The van der Waals surface area contributed by atoms with Gasteiger partial charge in [0.1, 0.15) is 6.54 Å². The fourth-order valence-electron chi connectivity index (χ4n) is 2.07. The quantitative estimate of drug-likeness (QED) is 0.332. The van der Waals surface area contributed by atoms with E-state index in [-0.39, 0.29) is 24.9 Å². The van der Waals surface area contributed by atoms with Crippen LogP contribution in [0, 0.1) is 0 Å². The number of likely N-dealkylation sites (N-methyl/N-ethyl adjacent to an activating group) is 1. The Labute approximate surface area is 127 Å². The molecule has 0 aromatic carbocycles. The van der Waals surface area contributed by atoms with Crippen LogP contribution >= 0.6 is 0 Å². The van der Waals surface area contributed by atoms with E-state index < -0.39 is 12.1 Å². The van der Waals surface area contributed by atoms with Crippen LogP contribution in [0.5, 0.6) is 0 Å². The predicted octanol–water partition coefficient (Wildman–Crippen LogP) is 0.0757. The second kappa shape index (κ2) is 9.73. The number of esters is 1. The van der Waals surface area contributed by atoms with Gasteiger partial charge in [-0.3, -0.25) is 4.79 Å². The van der Waals surface area contributed by atoms with Crippen LogP contribution in [0.25, 0.3) is 0 Å². The second-order valence-electron chi connectivity index (χ2n) is 6.61. The van der Waals surface area contributed by atoms with Gasteiger partial charge in [-0.15, -0.1) is 0 Å². The Balaban J connectivity index is 4.07. The molecule has 0 aliphatic carbocycles. The van der Waals surface area contributed by atoms with E-state index >= 15 is 0 Å². The molecule has 124 valence electrons. The zero-order valence-electron chi connectivity index (χ0n) is 13.6. The number of aliphatic carboxylic acids is 1. The van der Waals surface area contributed by atoms with E-state index in [1.165, 1.54) is 0 Å². The average Bonchev–Trinajstić information content (AvgIpc) is 2.24. The lowest BCUT2D eigenvalue weighted by Gasteiger charge is -2.29. The number of quaternary nitrogens is 1. The number of hydrogen-bond donors (Lipinski definition) is 1. The predicted molar refractivity (Wildman–Crippen MR) is 77.2 cm³/mol. The summed E-state index contributed by atoms with van der Waals surface area (Å²) in [5.74, 6) is -1.58. The smallest absolute Gasteiger partial charge is 0.306 e. The number of carboxylic acid groups (broad SMARTS) is 1. The molecule has 0 rings (SSSR count). The molecule has 0 aliphatic rings. The Hall–Kier alpha value is -1.14. The topological polar surface area (TPSA) is 86.7 Å². The molecule has 0 aliphatic heterocycles. The zero-order chi connectivity index (χ0) is 16.5. The molecule has 2 unspecified atom stereocenters. The first kappa shape index (κ1) is 19.9. The fourth-order valence-corrected chi connectivity index (χ4v) is 2.07. The summed E-state index contributed by atoms with van der Waals surface area (Å²) >= 11 is 0. The van der Waals surface area contributed by atoms with E-state index in [9.17, 15) is 14.7 Å². The molecule has 6 heteroatoms. The lowest BCUT2D eigenvalue weighted by molar-refractivity contribution is -0.873. The number of carbonyl (C=O) groups excluding carboxylic acids is 2. The molecule has 0 amide bonds. The van der Waals surface area contributed by atoms with Crippen molar-refractivity contribution in [2.75, 3.05) is 27.7 Å². The largest absolute Gasteiger partial charge is 0.550 e. The monoisotopic (exact) mass is 303 g/mol. The molecule has 6 nitrogen and oxygen atoms in total. The summed E-state index contributed by atoms with van der Waals surface area (Å²) in [6, 6.07) is 0. The van der Waals surface area contributed by atoms with Gasteiger partial charge < -0.3 is 24.2 Å². The summed E-state index contributed by atoms with van der Waals surface area (Å²) in [6.07, 6.45) is 2.17. The van der Waals surface area contributed by atoms with Crippen LogP contribution in [0.1, 0.15) is 45.4 Å². The number of aliphatic hydroxyl groups is 1. The summed E-state index contributed by atoms with van der Waals surface area (Å²) < 4.78 is 5.75. The zero-order valence-corrected chi connectivity index (χ0v) is 13.6. The molecule has 0 saturated carbocycles. The third kappa shape index (κ3) is 13.6. The van der Waals surface area contributed by atoms with E-state index in [2.05, 4.69) is 0 Å². The third-order valence-corrected chi connectivity index (χ3v) is 2.95. The van der Waals surface area contributed by atoms with Gasteiger partial charge in [0.15, 0.2) is 6.10 Å². The molecule has 0 radical (unpaired) electrons. The van der Waals surface area contributed by atoms with Gasteiger partial charge in [-0.2, -0.15) is 0 Å². The molecule has 2 atom stereocenters. The molecular formula is C15H29NO5. The molecule has 0 heterocycles. The van der Waals surface area contributed by atoms with Crippen LogP contribution in [-0.4, -0.2) is 61.4 Å². The number of carboxylic acids is 1. The number of rotatable bonds is 11. The Morgan fingerprint density at radius 2 is 1.81 bits per heavy atom. The standard InChI is InChI=1S/C15H29NO5/c1-12(17)8-6-5-7-9-15(20)21-13(10-14(18)19)11-16(2,3)4/h12-13,17H,5-11H2,1-4H3. The molecular weight excluding hydrogens is 274 g/mol. The first-order chi connectivity index (χ1) is 9.60. The number of aliphatic hydroxyl groups excluding tert-OH is 1. The second-order valence-corrected chi connectivity index (χ2v) is 6.61. The molecule has 0 aromatic rings. The van der Waals surface area contributed by atoms with Crippen LogP contribution in [-0.2, 0) is 14.3 Å². The summed E-state index contributed by atoms with van der Waals surface area (Å²) in [7, 11) is 5.73. The van der Waals surface area contributed by atoms with Gasteiger partial charge in [-0.25, -0.2) is 0 Å². The minimum atomic E-state index is -1.21. The van der Waals surface area contributed by atoms with Crippen LogP contribution in [0.4, 0.5) is 0 Å². The van der Waals surface area contributed by atoms with Crippen molar-refractivity contribution in [3.8, 4) is 0 Å². The average molecular weight is 303 g/mol. The number of ether oxygens (including phenoxy) is 1. The maximum atomic E-state index is 11.7. The van der Waals surface area contributed by atoms with Crippen molar-refractivity contribution < 1.29 is 29.0 Å². The van der Waals surface area contributed by atoms with Crippen LogP contribution in [0.3, 0.4) is 0 Å². The summed E-state index contributed by atoms with van der Waals surface area (Å²) in [5, 5.41) is 19.8. The van der Waals surface area contributed by atoms with E-state index in [0.29, 0.717) is 17.4 Å². The summed E-state index contributed by atoms with van der Waals surface area (Å²) in [6.45, 7) is 2.17. The number of hydrogen-bond acceptors (Lipinski definition) is 5. The van der Waals surface area contributed by atoms with Crippen LogP contribution in [0.15, 0.2) is 0 Å². The van der Waals surface area contributed by atoms with E-state index in [1.54, 1.807) is 6.92 Å². The minimum absolute atomic E-state index is 0.275. The van der Waals surface area contributed by atoms with Crippen molar-refractivity contribution >= 4 is 11.9 Å². The molecule has 0 saturated heterocycles. The van der Waals surface area contributed by atoms with Crippen molar-refractivity contribution in [3.05, 3.63) is 0 Å². The highest BCUT2D eigenvalue weighted by molar-refractivity contribution is 5.70. The highest BCUT2D eigenvalue weighted by atomic mass is 16.5. The number of carbonyl (C=O) groups is 2. The van der Waals surface area contributed by atoms with Crippen LogP contribution < -0.4 is 5.11 Å². The lowest BCUT2D eigenvalue weighted by atomic mass is 10.1. The van der Waals surface area contributed by atoms with Crippen molar-refractivity contribution in [1.82, 2.24) is 0 Å². The Morgan fingerprint density at radius 1 is 1.19 bits per heavy atom. The summed E-state index contributed by atoms with van der Waals surface area (Å²) in [5.41, 5.74) is 0. The SMILES string of the molecule is CC(O)CCCCCC(=O)OC(CC(=O)[O-])C[N+](C)(C)C.